The molecule has 0 saturated carbocycles. The summed E-state index contributed by atoms with van der Waals surface area (Å²) < 4.78 is 10.6. The van der Waals surface area contributed by atoms with E-state index in [0.717, 1.165) is 22.6 Å². The van der Waals surface area contributed by atoms with Crippen LogP contribution in [0.3, 0.4) is 0 Å². The van der Waals surface area contributed by atoms with Gasteiger partial charge in [-0.1, -0.05) is 41.6 Å². The van der Waals surface area contributed by atoms with E-state index in [4.69, 9.17) is 9.26 Å². The monoisotopic (exact) mass is 433 g/mol. The average molecular weight is 434 g/mol. The normalized spacial score (nSPS) is 10.7. The Morgan fingerprint density at radius 3 is 2.48 bits per heavy atom. The maximum absolute atomic E-state index is 13.0. The van der Waals surface area contributed by atoms with Gasteiger partial charge in [-0.15, -0.1) is 11.3 Å². The predicted octanol–water partition coefficient (Wildman–Crippen LogP) is 4.73. The van der Waals surface area contributed by atoms with Gasteiger partial charge in [0.2, 0.25) is 11.7 Å². The third kappa shape index (κ3) is 5.38. The Kier molecular flexibility index (Phi) is 6.74. The van der Waals surface area contributed by atoms with Crippen LogP contribution in [-0.4, -0.2) is 41.1 Å². The minimum atomic E-state index is 0.0285. The van der Waals surface area contributed by atoms with Crippen LogP contribution in [0.4, 0.5) is 0 Å². The average Bonchev–Trinajstić information content (AvgIpc) is 3.52. The summed E-state index contributed by atoms with van der Waals surface area (Å²) in [5, 5.41) is 6.00. The lowest BCUT2D eigenvalue weighted by Crippen LogP contribution is -2.34. The standard InChI is InChI=1S/C24H23N3O3S/c1-29-20-11-9-19(10-12-20)23-25-22(30-26-23)14-16-27(24(28)21-8-5-17-31-21)15-13-18-6-3-2-4-7-18/h2-12,17H,13-16H2,1H3. The molecule has 0 saturated heterocycles. The van der Waals surface area contributed by atoms with Crippen molar-refractivity contribution >= 4 is 17.2 Å². The molecular weight excluding hydrogens is 410 g/mol. The van der Waals surface area contributed by atoms with E-state index in [1.165, 1.54) is 16.9 Å². The summed E-state index contributed by atoms with van der Waals surface area (Å²) >= 11 is 1.45. The van der Waals surface area contributed by atoms with Crippen molar-refractivity contribution in [2.24, 2.45) is 0 Å². The van der Waals surface area contributed by atoms with Crippen molar-refractivity contribution in [1.29, 1.82) is 0 Å². The molecule has 4 rings (SSSR count). The lowest BCUT2D eigenvalue weighted by molar-refractivity contribution is 0.0761. The van der Waals surface area contributed by atoms with E-state index < -0.39 is 0 Å². The summed E-state index contributed by atoms with van der Waals surface area (Å²) in [6, 6.07) is 21.4. The van der Waals surface area contributed by atoms with Gasteiger partial charge in [0.05, 0.1) is 12.0 Å². The Labute approximate surface area is 185 Å². The largest absolute Gasteiger partial charge is 0.497 e. The molecule has 0 fully saturated rings. The van der Waals surface area contributed by atoms with Crippen molar-refractivity contribution in [2.75, 3.05) is 20.2 Å². The lowest BCUT2D eigenvalue weighted by atomic mass is 10.1. The molecule has 158 valence electrons. The highest BCUT2D eigenvalue weighted by atomic mass is 32.1. The second-order valence-corrected chi connectivity index (χ2v) is 7.94. The van der Waals surface area contributed by atoms with Gasteiger partial charge in [0.1, 0.15) is 5.75 Å². The zero-order valence-electron chi connectivity index (χ0n) is 17.2. The number of nitrogens with zero attached hydrogens (tertiary/aromatic N) is 3. The van der Waals surface area contributed by atoms with Crippen LogP contribution in [0.15, 0.2) is 76.6 Å². The number of carbonyl (C=O) groups excluding carboxylic acids is 1. The van der Waals surface area contributed by atoms with Gasteiger partial charge < -0.3 is 14.2 Å². The molecule has 2 heterocycles. The first-order valence-corrected chi connectivity index (χ1v) is 10.9. The van der Waals surface area contributed by atoms with Gasteiger partial charge in [-0.25, -0.2) is 0 Å². The molecule has 4 aromatic rings. The minimum Gasteiger partial charge on any atom is -0.497 e. The van der Waals surface area contributed by atoms with Crippen LogP contribution >= 0.6 is 11.3 Å². The Balaban J connectivity index is 1.43. The number of amides is 1. The molecule has 1 amide bonds. The van der Waals surface area contributed by atoms with Crippen molar-refractivity contribution in [1.82, 2.24) is 15.0 Å². The van der Waals surface area contributed by atoms with Crippen molar-refractivity contribution in [2.45, 2.75) is 12.8 Å². The van der Waals surface area contributed by atoms with Gasteiger partial charge in [0.15, 0.2) is 0 Å². The molecule has 0 N–H and O–H groups in total. The number of rotatable bonds is 9. The molecule has 0 unspecified atom stereocenters. The minimum absolute atomic E-state index is 0.0285. The number of carbonyl (C=O) groups is 1. The molecule has 7 heteroatoms. The van der Waals surface area contributed by atoms with Crippen molar-refractivity contribution in [3.8, 4) is 17.1 Å². The fourth-order valence-corrected chi connectivity index (χ4v) is 3.91. The fraction of sp³-hybridized carbons (Fsp3) is 0.208. The van der Waals surface area contributed by atoms with E-state index in [2.05, 4.69) is 22.3 Å². The topological polar surface area (TPSA) is 68.5 Å². The van der Waals surface area contributed by atoms with Crippen LogP contribution in [0, 0.1) is 0 Å². The van der Waals surface area contributed by atoms with Gasteiger partial charge in [-0.2, -0.15) is 4.98 Å². The van der Waals surface area contributed by atoms with E-state index in [9.17, 15) is 4.79 Å². The number of hydrogen-bond acceptors (Lipinski definition) is 6. The molecule has 2 aromatic heterocycles. The maximum Gasteiger partial charge on any atom is 0.263 e. The number of ether oxygens (including phenoxy) is 1. The highest BCUT2D eigenvalue weighted by Crippen LogP contribution is 2.20. The molecule has 6 nitrogen and oxygen atoms in total. The second kappa shape index (κ2) is 10.0. The summed E-state index contributed by atoms with van der Waals surface area (Å²) in [5.41, 5.74) is 2.05. The van der Waals surface area contributed by atoms with Gasteiger partial charge in [0, 0.05) is 25.1 Å². The van der Waals surface area contributed by atoms with E-state index >= 15 is 0 Å². The second-order valence-electron chi connectivity index (χ2n) is 7.00. The van der Waals surface area contributed by atoms with Crippen molar-refractivity contribution in [3.63, 3.8) is 0 Å². The van der Waals surface area contributed by atoms with E-state index in [-0.39, 0.29) is 5.91 Å². The lowest BCUT2D eigenvalue weighted by Gasteiger charge is -2.21. The van der Waals surface area contributed by atoms with Gasteiger partial charge in [-0.05, 0) is 47.7 Å². The first kappa shape index (κ1) is 20.8. The van der Waals surface area contributed by atoms with Crippen LogP contribution in [0.1, 0.15) is 21.1 Å². The SMILES string of the molecule is COc1ccc(-c2noc(CCN(CCc3ccccc3)C(=O)c3cccs3)n2)cc1. The maximum atomic E-state index is 13.0. The molecule has 2 aromatic carbocycles. The first-order chi connectivity index (χ1) is 15.2. The van der Waals surface area contributed by atoms with Crippen LogP contribution in [-0.2, 0) is 12.8 Å². The molecule has 0 aliphatic rings. The predicted molar refractivity (Wildman–Crippen MR) is 120 cm³/mol. The van der Waals surface area contributed by atoms with E-state index in [0.29, 0.717) is 31.2 Å². The van der Waals surface area contributed by atoms with Crippen molar-refractivity contribution < 1.29 is 14.1 Å². The number of benzene rings is 2. The third-order valence-electron chi connectivity index (χ3n) is 4.94. The molecule has 0 bridgehead atoms. The van der Waals surface area contributed by atoms with Crippen LogP contribution in [0.2, 0.25) is 0 Å². The summed E-state index contributed by atoms with van der Waals surface area (Å²) in [5.74, 6) is 1.84. The smallest absolute Gasteiger partial charge is 0.263 e. The Hall–Kier alpha value is -3.45. The third-order valence-corrected chi connectivity index (χ3v) is 5.80. The van der Waals surface area contributed by atoms with Crippen LogP contribution in [0.5, 0.6) is 5.75 Å². The molecular formula is C24H23N3O3S. The molecule has 0 atom stereocenters. The van der Waals surface area contributed by atoms with Crippen LogP contribution < -0.4 is 4.74 Å². The molecule has 0 radical (unpaired) electrons. The molecule has 0 aliphatic heterocycles. The summed E-state index contributed by atoms with van der Waals surface area (Å²) in [6.07, 6.45) is 1.29. The Bertz CT molecular complexity index is 1090. The Morgan fingerprint density at radius 2 is 1.77 bits per heavy atom. The summed E-state index contributed by atoms with van der Waals surface area (Å²) in [4.78, 5) is 20.1. The molecule has 0 spiro atoms. The van der Waals surface area contributed by atoms with E-state index in [1.54, 1.807) is 7.11 Å². The highest BCUT2D eigenvalue weighted by Gasteiger charge is 2.18. The quantitative estimate of drug-likeness (QED) is 0.382. The number of thiophene rings is 1. The zero-order chi connectivity index (χ0) is 21.5. The summed E-state index contributed by atoms with van der Waals surface area (Å²) in [6.45, 7) is 1.13. The number of hydrogen-bond donors (Lipinski definition) is 0. The Morgan fingerprint density at radius 1 is 1.00 bits per heavy atom. The van der Waals surface area contributed by atoms with Gasteiger partial charge >= 0.3 is 0 Å². The van der Waals surface area contributed by atoms with E-state index in [1.807, 2.05) is 64.9 Å². The highest BCUT2D eigenvalue weighted by molar-refractivity contribution is 7.12. The zero-order valence-corrected chi connectivity index (χ0v) is 18.0. The molecule has 31 heavy (non-hydrogen) atoms. The number of methoxy groups -OCH3 is 1. The van der Waals surface area contributed by atoms with Gasteiger partial charge in [-0.3, -0.25) is 4.79 Å². The number of aromatic nitrogens is 2. The summed E-state index contributed by atoms with van der Waals surface area (Å²) in [7, 11) is 1.63. The first-order valence-electron chi connectivity index (χ1n) is 10.1. The van der Waals surface area contributed by atoms with Gasteiger partial charge in [0.25, 0.3) is 5.91 Å². The fourth-order valence-electron chi connectivity index (χ4n) is 3.22. The van der Waals surface area contributed by atoms with Crippen LogP contribution in [0.25, 0.3) is 11.4 Å². The molecule has 0 aliphatic carbocycles. The van der Waals surface area contributed by atoms with Crippen molar-refractivity contribution in [3.05, 3.63) is 88.4 Å².